The Hall–Kier alpha value is -2.31. The Morgan fingerprint density at radius 3 is 2.62 bits per heavy atom. The standard InChI is InChI=1S/C15H22N4O4S/c1-4-8-18-14(20)15(2,3)10-23-13-7-5-6-12(11(13)9-16)19-24(17,21)22/h5-7,19H,4,8,10H2,1-3H3,(H,18,20)(H2,17,21,22). The normalized spacial score (nSPS) is 11.5. The molecule has 0 unspecified atom stereocenters. The van der Waals surface area contributed by atoms with Crippen LogP contribution in [-0.4, -0.2) is 27.5 Å². The van der Waals surface area contributed by atoms with Crippen LogP contribution in [0.2, 0.25) is 0 Å². The molecule has 0 bridgehead atoms. The molecule has 0 heterocycles. The summed E-state index contributed by atoms with van der Waals surface area (Å²) in [7, 11) is -4.01. The fraction of sp³-hybridized carbons (Fsp3) is 0.467. The van der Waals surface area contributed by atoms with E-state index in [1.807, 2.05) is 13.0 Å². The predicted molar refractivity (Wildman–Crippen MR) is 90.5 cm³/mol. The fourth-order valence-electron chi connectivity index (χ4n) is 1.81. The molecular formula is C15H22N4O4S. The van der Waals surface area contributed by atoms with Crippen LogP contribution in [0.5, 0.6) is 5.75 Å². The van der Waals surface area contributed by atoms with E-state index in [0.717, 1.165) is 6.42 Å². The van der Waals surface area contributed by atoms with E-state index in [0.29, 0.717) is 6.54 Å². The van der Waals surface area contributed by atoms with Gasteiger partial charge in [0.2, 0.25) is 5.91 Å². The average Bonchev–Trinajstić information content (AvgIpc) is 2.49. The number of rotatable bonds is 8. The van der Waals surface area contributed by atoms with Crippen LogP contribution < -0.4 is 19.9 Å². The number of ether oxygens (including phenoxy) is 1. The highest BCUT2D eigenvalue weighted by Gasteiger charge is 2.28. The highest BCUT2D eigenvalue weighted by atomic mass is 32.2. The molecule has 132 valence electrons. The Morgan fingerprint density at radius 2 is 2.08 bits per heavy atom. The van der Waals surface area contributed by atoms with Crippen molar-refractivity contribution in [3.63, 3.8) is 0 Å². The first kappa shape index (κ1) is 19.7. The SMILES string of the molecule is CCCNC(=O)C(C)(C)COc1cccc(NS(N)(=O)=O)c1C#N. The van der Waals surface area contributed by atoms with E-state index in [-0.39, 0.29) is 29.5 Å². The van der Waals surface area contributed by atoms with E-state index in [1.54, 1.807) is 13.8 Å². The summed E-state index contributed by atoms with van der Waals surface area (Å²) in [6.45, 7) is 5.98. The topological polar surface area (TPSA) is 134 Å². The van der Waals surface area contributed by atoms with Crippen LogP contribution in [-0.2, 0) is 15.0 Å². The number of carbonyl (C=O) groups is 1. The molecule has 4 N–H and O–H groups in total. The van der Waals surface area contributed by atoms with Crippen molar-refractivity contribution >= 4 is 21.8 Å². The summed E-state index contributed by atoms with van der Waals surface area (Å²) in [6.07, 6.45) is 0.822. The third-order valence-electron chi connectivity index (χ3n) is 3.13. The summed E-state index contributed by atoms with van der Waals surface area (Å²) in [4.78, 5) is 12.1. The van der Waals surface area contributed by atoms with E-state index in [1.165, 1.54) is 18.2 Å². The van der Waals surface area contributed by atoms with Gasteiger partial charge in [-0.1, -0.05) is 13.0 Å². The van der Waals surface area contributed by atoms with Gasteiger partial charge in [0.1, 0.15) is 24.0 Å². The van der Waals surface area contributed by atoms with Crippen molar-refractivity contribution in [2.24, 2.45) is 10.6 Å². The lowest BCUT2D eigenvalue weighted by Crippen LogP contribution is -2.41. The zero-order chi connectivity index (χ0) is 18.4. The van der Waals surface area contributed by atoms with Crippen LogP contribution in [0.4, 0.5) is 5.69 Å². The lowest BCUT2D eigenvalue weighted by molar-refractivity contribution is -0.130. The zero-order valence-electron chi connectivity index (χ0n) is 13.9. The molecule has 0 aliphatic carbocycles. The number of amides is 1. The van der Waals surface area contributed by atoms with E-state index in [2.05, 4.69) is 10.0 Å². The van der Waals surface area contributed by atoms with Crippen LogP contribution >= 0.6 is 0 Å². The Morgan fingerprint density at radius 1 is 1.42 bits per heavy atom. The highest BCUT2D eigenvalue weighted by Crippen LogP contribution is 2.28. The largest absolute Gasteiger partial charge is 0.491 e. The predicted octanol–water partition coefficient (Wildman–Crippen LogP) is 1.10. The Labute approximate surface area is 142 Å². The smallest absolute Gasteiger partial charge is 0.296 e. The maximum atomic E-state index is 12.1. The van der Waals surface area contributed by atoms with Crippen molar-refractivity contribution in [3.8, 4) is 11.8 Å². The number of nitrogens with two attached hydrogens (primary N) is 1. The van der Waals surface area contributed by atoms with E-state index in [4.69, 9.17) is 9.88 Å². The molecule has 0 saturated heterocycles. The van der Waals surface area contributed by atoms with Crippen LogP contribution in [0.1, 0.15) is 32.8 Å². The van der Waals surface area contributed by atoms with Gasteiger partial charge in [-0.15, -0.1) is 0 Å². The summed E-state index contributed by atoms with van der Waals surface area (Å²) in [5, 5.41) is 17.0. The molecule has 1 rings (SSSR count). The second-order valence-corrected chi connectivity index (χ2v) is 7.16. The number of nitrogens with zero attached hydrogens (tertiary/aromatic N) is 1. The molecule has 1 aromatic carbocycles. The maximum Gasteiger partial charge on any atom is 0.296 e. The Kier molecular flexibility index (Phi) is 6.57. The highest BCUT2D eigenvalue weighted by molar-refractivity contribution is 7.90. The molecule has 0 spiro atoms. The number of carbonyl (C=O) groups excluding carboxylic acids is 1. The van der Waals surface area contributed by atoms with Gasteiger partial charge >= 0.3 is 0 Å². The Balaban J connectivity index is 2.94. The number of benzene rings is 1. The molecule has 1 amide bonds. The van der Waals surface area contributed by atoms with Crippen molar-refractivity contribution < 1.29 is 17.9 Å². The van der Waals surface area contributed by atoms with Gasteiger partial charge in [-0.25, -0.2) is 5.14 Å². The molecule has 0 atom stereocenters. The zero-order valence-corrected chi connectivity index (χ0v) is 14.7. The van der Waals surface area contributed by atoms with Crippen molar-refractivity contribution in [2.45, 2.75) is 27.2 Å². The molecule has 8 nitrogen and oxygen atoms in total. The van der Waals surface area contributed by atoms with Crippen LogP contribution in [0.3, 0.4) is 0 Å². The minimum absolute atomic E-state index is 0.00343. The third-order valence-corrected chi connectivity index (χ3v) is 3.63. The van der Waals surface area contributed by atoms with Gasteiger partial charge in [0.25, 0.3) is 10.2 Å². The lowest BCUT2D eigenvalue weighted by atomic mass is 9.93. The molecule has 24 heavy (non-hydrogen) atoms. The van der Waals surface area contributed by atoms with Gasteiger partial charge in [0, 0.05) is 6.54 Å². The summed E-state index contributed by atoms with van der Waals surface area (Å²) in [5.41, 5.74) is -0.798. The third kappa shape index (κ3) is 5.72. The first-order valence-corrected chi connectivity index (χ1v) is 8.90. The van der Waals surface area contributed by atoms with Gasteiger partial charge in [-0.05, 0) is 32.4 Å². The van der Waals surface area contributed by atoms with Gasteiger partial charge in [0.05, 0.1) is 11.1 Å². The van der Waals surface area contributed by atoms with E-state index >= 15 is 0 Å². The van der Waals surface area contributed by atoms with Gasteiger partial charge in [-0.3, -0.25) is 9.52 Å². The summed E-state index contributed by atoms with van der Waals surface area (Å²) < 4.78 is 29.9. The van der Waals surface area contributed by atoms with Gasteiger partial charge in [-0.2, -0.15) is 13.7 Å². The minimum atomic E-state index is -4.01. The minimum Gasteiger partial charge on any atom is -0.491 e. The molecule has 0 aliphatic rings. The number of nitrogens with one attached hydrogen (secondary N) is 2. The van der Waals surface area contributed by atoms with Crippen molar-refractivity contribution in [1.29, 1.82) is 5.26 Å². The first-order chi connectivity index (χ1) is 11.1. The molecular weight excluding hydrogens is 332 g/mol. The molecule has 9 heteroatoms. The lowest BCUT2D eigenvalue weighted by Gasteiger charge is -2.24. The molecule has 1 aromatic rings. The number of nitriles is 1. The van der Waals surface area contributed by atoms with Gasteiger partial charge in [0.15, 0.2) is 0 Å². The quantitative estimate of drug-likeness (QED) is 0.642. The second-order valence-electron chi connectivity index (χ2n) is 5.87. The molecule has 0 radical (unpaired) electrons. The summed E-state index contributed by atoms with van der Waals surface area (Å²) in [6, 6.07) is 6.32. The summed E-state index contributed by atoms with van der Waals surface area (Å²) in [5.74, 6) is 0.00388. The van der Waals surface area contributed by atoms with Gasteiger partial charge < -0.3 is 10.1 Å². The Bertz CT molecular complexity index is 738. The fourth-order valence-corrected chi connectivity index (χ4v) is 2.28. The van der Waals surface area contributed by atoms with Crippen LogP contribution in [0.15, 0.2) is 18.2 Å². The molecule has 0 fully saturated rings. The number of hydrogen-bond acceptors (Lipinski definition) is 5. The van der Waals surface area contributed by atoms with Crippen molar-refractivity contribution in [1.82, 2.24) is 5.32 Å². The van der Waals surface area contributed by atoms with Crippen LogP contribution in [0.25, 0.3) is 0 Å². The van der Waals surface area contributed by atoms with Crippen molar-refractivity contribution in [3.05, 3.63) is 23.8 Å². The number of anilines is 1. The molecule has 0 saturated carbocycles. The molecule has 0 aromatic heterocycles. The monoisotopic (exact) mass is 354 g/mol. The van der Waals surface area contributed by atoms with Crippen molar-refractivity contribution in [2.75, 3.05) is 17.9 Å². The maximum absolute atomic E-state index is 12.1. The first-order valence-electron chi connectivity index (χ1n) is 7.35. The summed E-state index contributed by atoms with van der Waals surface area (Å²) >= 11 is 0. The van der Waals surface area contributed by atoms with Crippen LogP contribution in [0, 0.1) is 16.7 Å². The number of hydrogen-bond donors (Lipinski definition) is 3. The average molecular weight is 354 g/mol. The van der Waals surface area contributed by atoms with E-state index in [9.17, 15) is 18.5 Å². The second kappa shape index (κ2) is 7.99. The van der Waals surface area contributed by atoms with E-state index < -0.39 is 15.6 Å². The molecule has 0 aliphatic heterocycles.